The first-order chi connectivity index (χ1) is 10.1. The van der Waals surface area contributed by atoms with Gasteiger partial charge in [-0.3, -0.25) is 0 Å². The average Bonchev–Trinajstić information content (AvgIpc) is 2.39. The van der Waals surface area contributed by atoms with Crippen molar-refractivity contribution < 1.29 is 13.7 Å². The van der Waals surface area contributed by atoms with E-state index in [2.05, 4.69) is 4.98 Å². The quantitative estimate of drug-likeness (QED) is 0.727. The van der Waals surface area contributed by atoms with E-state index < -0.39 is 37.9 Å². The van der Waals surface area contributed by atoms with Crippen molar-refractivity contribution in [3.05, 3.63) is 18.3 Å². The van der Waals surface area contributed by atoms with Gasteiger partial charge in [-0.25, -0.2) is 4.98 Å². The highest BCUT2D eigenvalue weighted by molar-refractivity contribution is 5.45. The molecule has 1 aliphatic rings. The van der Waals surface area contributed by atoms with Crippen molar-refractivity contribution in [3.63, 3.8) is 0 Å². The van der Waals surface area contributed by atoms with E-state index >= 15 is 0 Å². The van der Waals surface area contributed by atoms with Gasteiger partial charge in [0.25, 0.3) is 0 Å². The van der Waals surface area contributed by atoms with Crippen molar-refractivity contribution in [3.8, 4) is 0 Å². The van der Waals surface area contributed by atoms with Crippen LogP contribution < -0.4 is 10.6 Å². The molecule has 1 aliphatic heterocycles. The van der Waals surface area contributed by atoms with E-state index in [-0.39, 0.29) is 10.6 Å². The molecule has 13 heavy (non-hydrogen) atoms. The fourth-order valence-corrected chi connectivity index (χ4v) is 0.871. The monoisotopic (exact) mass is 187 g/mol. The lowest BCUT2D eigenvalue weighted by molar-refractivity contribution is 0.573. The van der Waals surface area contributed by atoms with Crippen LogP contribution in [0.1, 0.15) is 32.8 Å². The molecule has 0 spiro atoms. The van der Waals surface area contributed by atoms with Crippen molar-refractivity contribution in [2.24, 2.45) is 0 Å². The number of rotatable bonds is 1. The van der Waals surface area contributed by atoms with Gasteiger partial charge in [0.05, 0.1) is 11.9 Å². The number of nitrogen functional groups attached to an aromatic ring is 1. The Morgan fingerprint density at radius 2 is 2.08 bits per heavy atom. The minimum atomic E-state index is -3.43. The van der Waals surface area contributed by atoms with E-state index in [1.807, 2.05) is 0 Å². The van der Waals surface area contributed by atoms with Crippen LogP contribution in [0.3, 0.4) is 0 Å². The van der Waals surface area contributed by atoms with E-state index in [4.69, 9.17) is 19.4 Å². The summed E-state index contributed by atoms with van der Waals surface area (Å²) in [7, 11) is 0. The number of anilines is 2. The molecule has 0 radical (unpaired) electrons. The number of nitrogens with zero attached hydrogens (tertiary/aromatic N) is 2. The number of nitrogens with two attached hydrogens (primary N) is 1. The highest BCUT2D eigenvalue weighted by Crippen LogP contribution is 2.17. The summed E-state index contributed by atoms with van der Waals surface area (Å²) in [5.41, 5.74) is 5.67. The normalized spacial score (nSPS) is 48.2. The van der Waals surface area contributed by atoms with Crippen molar-refractivity contribution in [2.45, 2.75) is 19.1 Å². The summed E-state index contributed by atoms with van der Waals surface area (Å²) in [4.78, 5) is 3.93. The van der Waals surface area contributed by atoms with E-state index in [1.54, 1.807) is 0 Å². The van der Waals surface area contributed by atoms with Crippen LogP contribution in [0, 0.1) is 0 Å². The van der Waals surface area contributed by atoms with Gasteiger partial charge in [-0.1, -0.05) is 0 Å². The molecule has 1 aromatic rings. The fraction of sp³-hybridized carbons (Fsp3) is 0.500. The number of aromatic nitrogens is 1. The standard InChI is InChI=1S/C10H15N3/c11-9-4-5-10(12-8-9)13-6-2-1-3-7-13/h4-5,8H,1-3,6-7,11H2/i1D2,2D2,3D2,6D2,7D2. The SMILES string of the molecule is [2H]C1([2H])N(c2ccc(N)cn2)C([2H])([2H])C([2H])([2H])C([2H])([2H])C1([2H])[2H]. The molecular weight excluding hydrogens is 162 g/mol. The van der Waals surface area contributed by atoms with Crippen LogP contribution in [0.15, 0.2) is 18.3 Å². The zero-order valence-corrected chi connectivity index (χ0v) is 6.70. The summed E-state index contributed by atoms with van der Waals surface area (Å²) in [6.45, 7) is -6.43. The van der Waals surface area contributed by atoms with Crippen LogP contribution in [-0.2, 0) is 0 Å². The first-order valence-corrected chi connectivity index (χ1v) is 3.64. The Morgan fingerprint density at radius 1 is 1.31 bits per heavy atom. The molecule has 70 valence electrons. The predicted octanol–water partition coefficient (Wildman–Crippen LogP) is 1.65. The van der Waals surface area contributed by atoms with Crippen LogP contribution in [-0.4, -0.2) is 18.0 Å². The molecule has 0 aliphatic carbocycles. The second kappa shape index (κ2) is 3.64. The second-order valence-electron chi connectivity index (χ2n) is 2.38. The molecule has 2 heterocycles. The summed E-state index contributed by atoms with van der Waals surface area (Å²) < 4.78 is 78.5. The molecule has 0 atom stereocenters. The van der Waals surface area contributed by atoms with Crippen molar-refractivity contribution in [2.75, 3.05) is 23.6 Å². The summed E-state index contributed by atoms with van der Waals surface area (Å²) in [5.74, 6) is -0.391. The Balaban J connectivity index is 2.77. The van der Waals surface area contributed by atoms with Gasteiger partial charge in [0.2, 0.25) is 0 Å². The third-order valence-electron chi connectivity index (χ3n) is 1.46. The molecule has 3 nitrogen and oxygen atoms in total. The highest BCUT2D eigenvalue weighted by Gasteiger charge is 2.10. The lowest BCUT2D eigenvalue weighted by Crippen LogP contribution is -2.29. The topological polar surface area (TPSA) is 42.1 Å². The summed E-state index contributed by atoms with van der Waals surface area (Å²) in [6, 6.07) is 2.40. The van der Waals surface area contributed by atoms with Crippen LogP contribution >= 0.6 is 0 Å². The Bertz CT molecular complexity index is 582. The van der Waals surface area contributed by atoms with Crippen molar-refractivity contribution >= 4 is 11.5 Å². The van der Waals surface area contributed by atoms with E-state index in [0.29, 0.717) is 0 Å². The number of hydrogen-bond acceptors (Lipinski definition) is 3. The van der Waals surface area contributed by atoms with Crippen molar-refractivity contribution in [1.82, 2.24) is 4.98 Å². The number of piperidine rings is 1. The Morgan fingerprint density at radius 3 is 2.69 bits per heavy atom. The molecule has 0 aromatic carbocycles. The maximum atomic E-state index is 7.96. The summed E-state index contributed by atoms with van der Waals surface area (Å²) in [5, 5.41) is 0. The maximum absolute atomic E-state index is 7.96. The number of pyridine rings is 1. The van der Waals surface area contributed by atoms with Crippen LogP contribution in [0.2, 0.25) is 0 Å². The molecular formula is C10H15N3. The molecule has 2 rings (SSSR count). The van der Waals surface area contributed by atoms with Gasteiger partial charge in [0, 0.05) is 26.7 Å². The maximum Gasteiger partial charge on any atom is 0.128 e. The minimum Gasteiger partial charge on any atom is -0.397 e. The molecule has 0 unspecified atom stereocenters. The van der Waals surface area contributed by atoms with Gasteiger partial charge in [-0.05, 0) is 31.3 Å². The summed E-state index contributed by atoms with van der Waals surface area (Å²) in [6.07, 6.45) is -9.07. The van der Waals surface area contributed by atoms with Gasteiger partial charge in [0.1, 0.15) is 5.82 Å². The largest absolute Gasteiger partial charge is 0.397 e. The van der Waals surface area contributed by atoms with Gasteiger partial charge in [-0.2, -0.15) is 0 Å². The summed E-state index contributed by atoms with van der Waals surface area (Å²) >= 11 is 0. The molecule has 0 saturated carbocycles. The van der Waals surface area contributed by atoms with Crippen LogP contribution in [0.4, 0.5) is 11.5 Å². The van der Waals surface area contributed by atoms with Crippen LogP contribution in [0.5, 0.6) is 0 Å². The molecule has 1 fully saturated rings. The average molecular weight is 187 g/mol. The highest BCUT2D eigenvalue weighted by atomic mass is 15.2. The molecule has 0 bridgehead atoms. The van der Waals surface area contributed by atoms with Gasteiger partial charge in [0.15, 0.2) is 0 Å². The first-order valence-electron chi connectivity index (χ1n) is 8.64. The van der Waals surface area contributed by atoms with Gasteiger partial charge >= 0.3 is 0 Å². The van der Waals surface area contributed by atoms with E-state index in [9.17, 15) is 0 Å². The zero-order chi connectivity index (χ0) is 18.1. The Hall–Kier alpha value is -1.25. The molecule has 0 amide bonds. The molecule has 2 N–H and O–H groups in total. The Labute approximate surface area is 92.6 Å². The third-order valence-corrected chi connectivity index (χ3v) is 1.46. The molecule has 1 aromatic heterocycles. The molecule has 3 heteroatoms. The van der Waals surface area contributed by atoms with Gasteiger partial charge in [-0.15, -0.1) is 0 Å². The van der Waals surface area contributed by atoms with E-state index in [1.165, 1.54) is 6.07 Å². The van der Waals surface area contributed by atoms with Crippen LogP contribution in [0.25, 0.3) is 0 Å². The smallest absolute Gasteiger partial charge is 0.128 e. The van der Waals surface area contributed by atoms with Gasteiger partial charge < -0.3 is 10.6 Å². The lowest BCUT2D eigenvalue weighted by Gasteiger charge is -2.27. The van der Waals surface area contributed by atoms with E-state index in [0.717, 1.165) is 12.3 Å². The first kappa shape index (κ1) is 2.62. The fourth-order valence-electron chi connectivity index (χ4n) is 0.871. The van der Waals surface area contributed by atoms with Crippen molar-refractivity contribution in [1.29, 1.82) is 0 Å². The molecule has 1 saturated heterocycles. The predicted molar refractivity (Wildman–Crippen MR) is 54.7 cm³/mol. The third kappa shape index (κ3) is 1.91. The zero-order valence-electron chi connectivity index (χ0n) is 16.7. The lowest BCUT2D eigenvalue weighted by atomic mass is 10.1. The minimum absolute atomic E-state index is 0.195. The second-order valence-corrected chi connectivity index (χ2v) is 2.38. The Kier molecular flexibility index (Phi) is 0.735. The number of hydrogen-bond donors (Lipinski definition) is 1.